The van der Waals surface area contributed by atoms with Crippen molar-refractivity contribution in [3.63, 3.8) is 0 Å². The molecule has 1 heterocycles. The second-order valence-electron chi connectivity index (χ2n) is 6.26. The Morgan fingerprint density at radius 2 is 1.77 bits per heavy atom. The number of carbonyl (C=O) groups is 2. The van der Waals surface area contributed by atoms with Crippen molar-refractivity contribution in [3.8, 4) is 0 Å². The molecule has 1 N–H and O–H groups in total. The number of hydrogen-bond donors (Lipinski definition) is 1. The molecule has 4 nitrogen and oxygen atoms in total. The zero-order valence-corrected chi connectivity index (χ0v) is 13.8. The Kier molecular flexibility index (Phi) is 5.72. The number of benzene rings is 1. The SMILES string of the molecule is CC(=O)[C@H](CNC1CCN(C(C)=O)CC1)c1ccc(C)cc1. The molecule has 1 fully saturated rings. The van der Waals surface area contributed by atoms with E-state index in [-0.39, 0.29) is 17.6 Å². The van der Waals surface area contributed by atoms with Crippen LogP contribution in [0.15, 0.2) is 24.3 Å². The van der Waals surface area contributed by atoms with Crippen molar-refractivity contribution >= 4 is 11.7 Å². The molecule has 1 aromatic rings. The molecule has 0 aromatic heterocycles. The van der Waals surface area contributed by atoms with Gasteiger partial charge in [-0.05, 0) is 32.3 Å². The summed E-state index contributed by atoms with van der Waals surface area (Å²) >= 11 is 0. The Bertz CT molecular complexity index is 516. The molecular formula is C18H26N2O2. The number of Topliss-reactive ketones (excluding diaryl/α,β-unsaturated/α-hetero) is 1. The maximum atomic E-state index is 12.0. The van der Waals surface area contributed by atoms with Gasteiger partial charge >= 0.3 is 0 Å². The maximum Gasteiger partial charge on any atom is 0.219 e. The van der Waals surface area contributed by atoms with Gasteiger partial charge in [-0.25, -0.2) is 0 Å². The highest BCUT2D eigenvalue weighted by Crippen LogP contribution is 2.18. The van der Waals surface area contributed by atoms with Gasteiger partial charge in [0.25, 0.3) is 0 Å². The highest BCUT2D eigenvalue weighted by atomic mass is 16.2. The van der Waals surface area contributed by atoms with Gasteiger partial charge in [-0.2, -0.15) is 0 Å². The van der Waals surface area contributed by atoms with E-state index < -0.39 is 0 Å². The molecule has 0 bridgehead atoms. The lowest BCUT2D eigenvalue weighted by Gasteiger charge is -2.32. The number of hydrogen-bond acceptors (Lipinski definition) is 3. The summed E-state index contributed by atoms with van der Waals surface area (Å²) in [7, 11) is 0. The molecule has 1 aliphatic heterocycles. The topological polar surface area (TPSA) is 49.4 Å². The molecule has 1 aromatic carbocycles. The largest absolute Gasteiger partial charge is 0.343 e. The molecule has 1 aliphatic rings. The van der Waals surface area contributed by atoms with Gasteiger partial charge in [0, 0.05) is 32.6 Å². The minimum atomic E-state index is -0.0913. The molecule has 4 heteroatoms. The summed E-state index contributed by atoms with van der Waals surface area (Å²) < 4.78 is 0. The van der Waals surface area contributed by atoms with Crippen LogP contribution in [-0.4, -0.2) is 42.3 Å². The van der Waals surface area contributed by atoms with Gasteiger partial charge < -0.3 is 10.2 Å². The summed E-state index contributed by atoms with van der Waals surface area (Å²) in [6.07, 6.45) is 1.91. The van der Waals surface area contributed by atoms with Gasteiger partial charge in [0.05, 0.1) is 5.92 Å². The van der Waals surface area contributed by atoms with Crippen molar-refractivity contribution in [2.24, 2.45) is 0 Å². The zero-order valence-electron chi connectivity index (χ0n) is 13.8. The Morgan fingerprint density at radius 3 is 2.27 bits per heavy atom. The van der Waals surface area contributed by atoms with Crippen LogP contribution in [0.25, 0.3) is 0 Å². The van der Waals surface area contributed by atoms with Gasteiger partial charge in [-0.15, -0.1) is 0 Å². The Balaban J connectivity index is 1.89. The van der Waals surface area contributed by atoms with E-state index in [0.717, 1.165) is 31.5 Å². The number of nitrogens with zero attached hydrogens (tertiary/aromatic N) is 1. The van der Waals surface area contributed by atoms with Crippen LogP contribution in [0.2, 0.25) is 0 Å². The second-order valence-corrected chi connectivity index (χ2v) is 6.26. The van der Waals surface area contributed by atoms with Gasteiger partial charge in [0.15, 0.2) is 0 Å². The van der Waals surface area contributed by atoms with Crippen LogP contribution in [0.4, 0.5) is 0 Å². The molecule has 0 radical (unpaired) electrons. The van der Waals surface area contributed by atoms with Crippen LogP contribution in [0.3, 0.4) is 0 Å². The van der Waals surface area contributed by atoms with E-state index >= 15 is 0 Å². The van der Waals surface area contributed by atoms with Gasteiger partial charge in [-0.1, -0.05) is 29.8 Å². The van der Waals surface area contributed by atoms with Crippen LogP contribution in [-0.2, 0) is 9.59 Å². The molecule has 0 spiro atoms. The van der Waals surface area contributed by atoms with Crippen molar-refractivity contribution in [1.82, 2.24) is 10.2 Å². The number of carbonyl (C=O) groups excluding carboxylic acids is 2. The zero-order chi connectivity index (χ0) is 16.1. The second kappa shape index (κ2) is 7.54. The van der Waals surface area contributed by atoms with Crippen LogP contribution in [0, 0.1) is 6.92 Å². The average Bonchev–Trinajstić information content (AvgIpc) is 2.49. The third kappa shape index (κ3) is 4.41. The number of aryl methyl sites for hydroxylation is 1. The monoisotopic (exact) mass is 302 g/mol. The predicted octanol–water partition coefficient (Wildman–Crippen LogP) is 2.27. The Morgan fingerprint density at radius 1 is 1.18 bits per heavy atom. The molecule has 1 saturated heterocycles. The molecule has 2 rings (SSSR count). The minimum absolute atomic E-state index is 0.0913. The minimum Gasteiger partial charge on any atom is -0.343 e. The van der Waals surface area contributed by atoms with Crippen molar-refractivity contribution in [2.75, 3.05) is 19.6 Å². The molecule has 120 valence electrons. The molecule has 0 aliphatic carbocycles. The summed E-state index contributed by atoms with van der Waals surface area (Å²) in [5, 5.41) is 3.52. The molecule has 0 unspecified atom stereocenters. The molecule has 22 heavy (non-hydrogen) atoms. The van der Waals surface area contributed by atoms with E-state index in [1.54, 1.807) is 13.8 Å². The summed E-state index contributed by atoms with van der Waals surface area (Å²) in [4.78, 5) is 25.2. The van der Waals surface area contributed by atoms with Gasteiger partial charge in [0.2, 0.25) is 5.91 Å². The van der Waals surface area contributed by atoms with E-state index in [9.17, 15) is 9.59 Å². The highest BCUT2D eigenvalue weighted by Gasteiger charge is 2.23. The first-order chi connectivity index (χ1) is 10.5. The molecule has 0 saturated carbocycles. The van der Waals surface area contributed by atoms with Crippen molar-refractivity contribution in [3.05, 3.63) is 35.4 Å². The number of ketones is 1. The molecule has 1 atom stereocenters. The van der Waals surface area contributed by atoms with Crippen LogP contribution in [0.5, 0.6) is 0 Å². The number of rotatable bonds is 5. The fourth-order valence-electron chi connectivity index (χ4n) is 2.98. The normalized spacial score (nSPS) is 17.3. The van der Waals surface area contributed by atoms with Crippen molar-refractivity contribution in [2.45, 2.75) is 45.6 Å². The number of piperidine rings is 1. The highest BCUT2D eigenvalue weighted by molar-refractivity contribution is 5.83. The van der Waals surface area contributed by atoms with E-state index in [1.807, 2.05) is 24.0 Å². The third-order valence-corrected chi connectivity index (χ3v) is 4.52. The maximum absolute atomic E-state index is 12.0. The first-order valence-electron chi connectivity index (χ1n) is 8.03. The Hall–Kier alpha value is -1.68. The fourth-order valence-corrected chi connectivity index (χ4v) is 2.98. The lowest BCUT2D eigenvalue weighted by atomic mass is 9.93. The van der Waals surface area contributed by atoms with E-state index in [4.69, 9.17) is 0 Å². The summed E-state index contributed by atoms with van der Waals surface area (Å²) in [6, 6.07) is 8.58. The average molecular weight is 302 g/mol. The summed E-state index contributed by atoms with van der Waals surface area (Å²) in [5.41, 5.74) is 2.28. The lowest BCUT2D eigenvalue weighted by molar-refractivity contribution is -0.129. The molecule has 1 amide bonds. The Labute approximate surface area is 132 Å². The summed E-state index contributed by atoms with van der Waals surface area (Å²) in [5.74, 6) is 0.253. The fraction of sp³-hybridized carbons (Fsp3) is 0.556. The third-order valence-electron chi connectivity index (χ3n) is 4.52. The van der Waals surface area contributed by atoms with Crippen LogP contribution >= 0.6 is 0 Å². The van der Waals surface area contributed by atoms with Gasteiger partial charge in [0.1, 0.15) is 5.78 Å². The quantitative estimate of drug-likeness (QED) is 0.908. The molecular weight excluding hydrogens is 276 g/mol. The van der Waals surface area contributed by atoms with Crippen LogP contribution in [0.1, 0.15) is 43.7 Å². The lowest BCUT2D eigenvalue weighted by Crippen LogP contribution is -2.45. The first-order valence-corrected chi connectivity index (χ1v) is 8.03. The predicted molar refractivity (Wildman–Crippen MR) is 87.9 cm³/mol. The van der Waals surface area contributed by atoms with E-state index in [0.29, 0.717) is 12.6 Å². The summed E-state index contributed by atoms with van der Waals surface area (Å²) in [6.45, 7) is 7.61. The number of likely N-dealkylation sites (tertiary alicyclic amines) is 1. The smallest absolute Gasteiger partial charge is 0.219 e. The van der Waals surface area contributed by atoms with E-state index in [1.165, 1.54) is 5.56 Å². The van der Waals surface area contributed by atoms with Crippen molar-refractivity contribution < 1.29 is 9.59 Å². The van der Waals surface area contributed by atoms with E-state index in [2.05, 4.69) is 17.4 Å². The first kappa shape index (κ1) is 16.7. The number of amides is 1. The van der Waals surface area contributed by atoms with Crippen molar-refractivity contribution in [1.29, 1.82) is 0 Å². The standard InChI is InChI=1S/C18H26N2O2/c1-13-4-6-16(7-5-13)18(14(2)21)12-19-17-8-10-20(11-9-17)15(3)22/h4-7,17-19H,8-12H2,1-3H3/t18-/m0/s1. The number of nitrogens with one attached hydrogen (secondary N) is 1. The van der Waals surface area contributed by atoms with Crippen LogP contribution < -0.4 is 5.32 Å². The van der Waals surface area contributed by atoms with Gasteiger partial charge in [-0.3, -0.25) is 9.59 Å².